The maximum atomic E-state index is 11.9. The molecule has 2 fully saturated rings. The van der Waals surface area contributed by atoms with Gasteiger partial charge in [0.1, 0.15) is 9.84 Å². The minimum absolute atomic E-state index is 0.0397. The maximum Gasteiger partial charge on any atom is 0.234 e. The van der Waals surface area contributed by atoms with E-state index in [0.717, 1.165) is 45.0 Å². The number of piperazine rings is 1. The second kappa shape index (κ2) is 10.1. The van der Waals surface area contributed by atoms with Gasteiger partial charge in [0, 0.05) is 52.1 Å². The number of hydrogen-bond acceptors (Lipinski definition) is 6. The summed E-state index contributed by atoms with van der Waals surface area (Å²) in [5.41, 5.74) is 0. The van der Waals surface area contributed by atoms with Crippen molar-refractivity contribution in [2.75, 3.05) is 71.5 Å². The molecular formula is C16H31N5O4S. The molecule has 0 atom stereocenters. The van der Waals surface area contributed by atoms with Crippen molar-refractivity contribution in [2.24, 2.45) is 4.99 Å². The van der Waals surface area contributed by atoms with Crippen LogP contribution in [0.5, 0.6) is 0 Å². The van der Waals surface area contributed by atoms with E-state index in [0.29, 0.717) is 25.7 Å². The van der Waals surface area contributed by atoms with E-state index in [-0.39, 0.29) is 18.3 Å². The summed E-state index contributed by atoms with van der Waals surface area (Å²) in [5, 5.41) is 6.25. The zero-order chi connectivity index (χ0) is 19.0. The number of carbonyl (C=O) groups is 1. The number of sulfone groups is 1. The Morgan fingerprint density at radius 1 is 1.19 bits per heavy atom. The Bertz CT molecular complexity index is 583. The van der Waals surface area contributed by atoms with E-state index < -0.39 is 9.84 Å². The van der Waals surface area contributed by atoms with Crippen LogP contribution in [-0.2, 0) is 19.4 Å². The summed E-state index contributed by atoms with van der Waals surface area (Å²) >= 11 is 0. The van der Waals surface area contributed by atoms with Crippen LogP contribution in [0.1, 0.15) is 12.8 Å². The van der Waals surface area contributed by atoms with Gasteiger partial charge in [-0.15, -0.1) is 0 Å². The van der Waals surface area contributed by atoms with Crippen LogP contribution in [0.15, 0.2) is 4.99 Å². The Balaban J connectivity index is 1.59. The molecule has 150 valence electrons. The van der Waals surface area contributed by atoms with Crippen molar-refractivity contribution < 1.29 is 17.9 Å². The van der Waals surface area contributed by atoms with Crippen LogP contribution in [0, 0.1) is 0 Å². The van der Waals surface area contributed by atoms with Crippen LogP contribution in [-0.4, -0.2) is 108 Å². The third-order valence-corrected chi connectivity index (χ3v) is 5.23. The average molecular weight is 390 g/mol. The van der Waals surface area contributed by atoms with E-state index in [1.165, 1.54) is 6.26 Å². The van der Waals surface area contributed by atoms with Crippen molar-refractivity contribution in [2.45, 2.75) is 18.9 Å². The average Bonchev–Trinajstić information content (AvgIpc) is 3.38. The Kier molecular flexibility index (Phi) is 8.11. The molecule has 1 amide bonds. The Morgan fingerprint density at radius 3 is 2.46 bits per heavy atom. The molecule has 10 heteroatoms. The van der Waals surface area contributed by atoms with Crippen molar-refractivity contribution in [3.63, 3.8) is 0 Å². The van der Waals surface area contributed by atoms with Gasteiger partial charge in [-0.1, -0.05) is 0 Å². The fraction of sp³-hybridized carbons (Fsp3) is 0.875. The standard InChI is InChI=1S/C16H31N5O4S/c1-17-16(18-5-10-25-11-12-26(2,23)24)21-8-6-20(7-9-21)13-15(22)19-14-3-4-14/h14H,3-13H2,1-2H3,(H,17,18)(H,19,22). The first kappa shape index (κ1) is 20.9. The zero-order valence-electron chi connectivity index (χ0n) is 15.7. The molecule has 0 spiro atoms. The fourth-order valence-electron chi connectivity index (χ4n) is 2.70. The molecule has 1 heterocycles. The highest BCUT2D eigenvalue weighted by atomic mass is 32.2. The van der Waals surface area contributed by atoms with E-state index >= 15 is 0 Å². The van der Waals surface area contributed by atoms with Crippen LogP contribution < -0.4 is 10.6 Å². The molecular weight excluding hydrogens is 358 g/mol. The van der Waals surface area contributed by atoms with Gasteiger partial charge in [-0.2, -0.15) is 0 Å². The maximum absolute atomic E-state index is 11.9. The largest absolute Gasteiger partial charge is 0.379 e. The Labute approximate surface area is 156 Å². The van der Waals surface area contributed by atoms with Gasteiger partial charge >= 0.3 is 0 Å². The Morgan fingerprint density at radius 2 is 1.88 bits per heavy atom. The van der Waals surface area contributed by atoms with Gasteiger partial charge in [0.2, 0.25) is 5.91 Å². The lowest BCUT2D eigenvalue weighted by Crippen LogP contribution is -2.54. The molecule has 26 heavy (non-hydrogen) atoms. The van der Waals surface area contributed by atoms with Crippen LogP contribution in [0.4, 0.5) is 0 Å². The van der Waals surface area contributed by atoms with Gasteiger partial charge in [-0.05, 0) is 12.8 Å². The van der Waals surface area contributed by atoms with E-state index in [2.05, 4.69) is 25.4 Å². The summed E-state index contributed by atoms with van der Waals surface area (Å²) in [6, 6.07) is 0.409. The molecule has 0 bridgehead atoms. The number of nitrogens with one attached hydrogen (secondary N) is 2. The first-order chi connectivity index (χ1) is 12.4. The van der Waals surface area contributed by atoms with Crippen LogP contribution >= 0.6 is 0 Å². The lowest BCUT2D eigenvalue weighted by Gasteiger charge is -2.36. The molecule has 0 aromatic rings. The van der Waals surface area contributed by atoms with Crippen molar-refractivity contribution in [3.8, 4) is 0 Å². The molecule has 2 rings (SSSR count). The van der Waals surface area contributed by atoms with Crippen LogP contribution in [0.3, 0.4) is 0 Å². The first-order valence-electron chi connectivity index (χ1n) is 9.10. The molecule has 1 saturated heterocycles. The monoisotopic (exact) mass is 389 g/mol. The number of guanidine groups is 1. The second-order valence-electron chi connectivity index (χ2n) is 6.82. The molecule has 0 unspecified atom stereocenters. The van der Waals surface area contributed by atoms with Crippen molar-refractivity contribution >= 4 is 21.7 Å². The molecule has 0 aromatic heterocycles. The molecule has 0 radical (unpaired) electrons. The number of amides is 1. The lowest BCUT2D eigenvalue weighted by molar-refractivity contribution is -0.122. The molecule has 1 aliphatic carbocycles. The number of nitrogens with zero attached hydrogens (tertiary/aromatic N) is 3. The van der Waals surface area contributed by atoms with Gasteiger partial charge in [0.05, 0.1) is 25.5 Å². The van der Waals surface area contributed by atoms with Gasteiger partial charge in [0.15, 0.2) is 5.96 Å². The van der Waals surface area contributed by atoms with Crippen molar-refractivity contribution in [1.82, 2.24) is 20.4 Å². The Hall–Kier alpha value is -1.39. The van der Waals surface area contributed by atoms with E-state index in [9.17, 15) is 13.2 Å². The van der Waals surface area contributed by atoms with E-state index in [4.69, 9.17) is 4.74 Å². The normalized spacial score (nSPS) is 19.5. The molecule has 0 aromatic carbocycles. The van der Waals surface area contributed by atoms with Crippen LogP contribution in [0.2, 0.25) is 0 Å². The minimum Gasteiger partial charge on any atom is -0.379 e. The third kappa shape index (κ3) is 8.33. The number of aliphatic imine (C=N–C) groups is 1. The lowest BCUT2D eigenvalue weighted by atomic mass is 10.3. The van der Waals surface area contributed by atoms with E-state index in [1.807, 2.05) is 0 Å². The molecule has 2 N–H and O–H groups in total. The van der Waals surface area contributed by atoms with E-state index in [1.54, 1.807) is 7.05 Å². The molecule has 9 nitrogen and oxygen atoms in total. The summed E-state index contributed by atoms with van der Waals surface area (Å²) in [6.07, 6.45) is 3.42. The van der Waals surface area contributed by atoms with Gasteiger partial charge in [-0.3, -0.25) is 14.7 Å². The number of ether oxygens (including phenoxy) is 1. The molecule has 2 aliphatic rings. The van der Waals surface area contributed by atoms with Crippen molar-refractivity contribution in [3.05, 3.63) is 0 Å². The van der Waals surface area contributed by atoms with Crippen LogP contribution in [0.25, 0.3) is 0 Å². The number of rotatable bonds is 9. The minimum atomic E-state index is -2.98. The zero-order valence-corrected chi connectivity index (χ0v) is 16.6. The summed E-state index contributed by atoms with van der Waals surface area (Å²) in [4.78, 5) is 20.5. The number of hydrogen-bond donors (Lipinski definition) is 2. The van der Waals surface area contributed by atoms with Gasteiger partial charge in [0.25, 0.3) is 0 Å². The topological polar surface area (TPSA) is 103 Å². The predicted molar refractivity (Wildman–Crippen MR) is 101 cm³/mol. The highest BCUT2D eigenvalue weighted by molar-refractivity contribution is 7.90. The molecule has 1 saturated carbocycles. The third-order valence-electron chi connectivity index (χ3n) is 4.32. The quantitative estimate of drug-likeness (QED) is 0.282. The highest BCUT2D eigenvalue weighted by Crippen LogP contribution is 2.18. The second-order valence-corrected chi connectivity index (χ2v) is 9.08. The SMILES string of the molecule is CN=C(NCCOCCS(C)(=O)=O)N1CCN(CC(=O)NC2CC2)CC1. The fourth-order valence-corrected chi connectivity index (χ4v) is 3.12. The summed E-state index contributed by atoms with van der Waals surface area (Å²) in [7, 11) is -1.24. The predicted octanol–water partition coefficient (Wildman–Crippen LogP) is -1.48. The van der Waals surface area contributed by atoms with Gasteiger partial charge < -0.3 is 20.3 Å². The summed E-state index contributed by atoms with van der Waals surface area (Å²) < 4.78 is 27.4. The highest BCUT2D eigenvalue weighted by Gasteiger charge is 2.25. The van der Waals surface area contributed by atoms with Gasteiger partial charge in [-0.25, -0.2) is 8.42 Å². The first-order valence-corrected chi connectivity index (χ1v) is 11.2. The molecule has 1 aliphatic heterocycles. The number of carbonyl (C=O) groups excluding carboxylic acids is 1. The van der Waals surface area contributed by atoms with Crippen molar-refractivity contribution in [1.29, 1.82) is 0 Å². The summed E-state index contributed by atoms with van der Waals surface area (Å²) in [5.74, 6) is 0.964. The smallest absolute Gasteiger partial charge is 0.234 e. The summed E-state index contributed by atoms with van der Waals surface area (Å²) in [6.45, 7) is 4.94.